The normalized spacial score (nSPS) is 9.89. The number of methoxy groups -OCH3 is 1. The number of nitrogens with zero attached hydrogens (tertiary/aromatic N) is 2. The van der Waals surface area contributed by atoms with Gasteiger partial charge in [0.05, 0.1) is 13.3 Å². The Morgan fingerprint density at radius 2 is 2.22 bits per heavy atom. The summed E-state index contributed by atoms with van der Waals surface area (Å²) in [5.41, 5.74) is -0.298. The van der Waals surface area contributed by atoms with Gasteiger partial charge in [-0.15, -0.1) is 0 Å². The zero-order valence-electron chi connectivity index (χ0n) is 10.3. The predicted molar refractivity (Wildman–Crippen MR) is 63.1 cm³/mol. The second-order valence-corrected chi connectivity index (χ2v) is 3.60. The molecule has 0 unspecified atom stereocenters. The highest BCUT2D eigenvalue weighted by Crippen LogP contribution is 2.01. The molecule has 0 fully saturated rings. The Morgan fingerprint density at radius 1 is 1.50 bits per heavy atom. The number of carbonyl (C=O) groups is 2. The lowest BCUT2D eigenvalue weighted by atomic mass is 10.3. The van der Waals surface area contributed by atoms with Crippen LogP contribution >= 0.6 is 0 Å². The summed E-state index contributed by atoms with van der Waals surface area (Å²) in [7, 11) is 1.26. The molecule has 0 aliphatic rings. The molecule has 0 bridgehead atoms. The van der Waals surface area contributed by atoms with E-state index in [0.29, 0.717) is 13.0 Å². The SMILES string of the molecule is CCCN(CC(=O)OC)C(=O)c1c[nH]c(=O)cn1. The van der Waals surface area contributed by atoms with Crippen LogP contribution in [0.5, 0.6) is 0 Å². The van der Waals surface area contributed by atoms with Crippen LogP contribution in [0.3, 0.4) is 0 Å². The van der Waals surface area contributed by atoms with Crippen molar-refractivity contribution in [2.24, 2.45) is 0 Å². The molecule has 1 N–H and O–H groups in total. The van der Waals surface area contributed by atoms with Crippen molar-refractivity contribution in [2.75, 3.05) is 20.2 Å². The van der Waals surface area contributed by atoms with Gasteiger partial charge in [-0.05, 0) is 6.42 Å². The maximum atomic E-state index is 12.0. The van der Waals surface area contributed by atoms with Gasteiger partial charge in [0.15, 0.2) is 0 Å². The Labute approximate surface area is 104 Å². The summed E-state index contributed by atoms with van der Waals surface area (Å²) in [5.74, 6) is -0.917. The molecule has 18 heavy (non-hydrogen) atoms. The van der Waals surface area contributed by atoms with Gasteiger partial charge >= 0.3 is 5.97 Å². The van der Waals surface area contributed by atoms with Crippen LogP contribution < -0.4 is 5.56 Å². The van der Waals surface area contributed by atoms with E-state index in [1.807, 2.05) is 6.92 Å². The standard InChI is InChI=1S/C11H15N3O4/c1-3-4-14(7-10(16)18-2)11(17)8-5-13-9(15)6-12-8/h5-6H,3-4,7H2,1-2H3,(H,13,15). The zero-order valence-corrected chi connectivity index (χ0v) is 10.3. The summed E-state index contributed by atoms with van der Waals surface area (Å²) < 4.78 is 4.52. The number of rotatable bonds is 5. The number of carbonyl (C=O) groups excluding carboxylic acids is 2. The maximum Gasteiger partial charge on any atom is 0.325 e. The molecule has 1 aromatic heterocycles. The first-order valence-electron chi connectivity index (χ1n) is 5.49. The topological polar surface area (TPSA) is 92.4 Å². The van der Waals surface area contributed by atoms with E-state index in [0.717, 1.165) is 6.20 Å². The van der Waals surface area contributed by atoms with Gasteiger partial charge in [0, 0.05) is 12.7 Å². The minimum absolute atomic E-state index is 0.0898. The fourth-order valence-corrected chi connectivity index (χ4v) is 1.36. The van der Waals surface area contributed by atoms with Crippen molar-refractivity contribution in [1.29, 1.82) is 0 Å². The van der Waals surface area contributed by atoms with Gasteiger partial charge in [-0.3, -0.25) is 14.4 Å². The summed E-state index contributed by atoms with van der Waals surface area (Å²) in [6, 6.07) is 0. The number of nitrogens with one attached hydrogen (secondary N) is 1. The summed E-state index contributed by atoms with van der Waals surface area (Å²) in [6.07, 6.45) is 2.95. The summed E-state index contributed by atoms with van der Waals surface area (Å²) in [6.45, 7) is 2.16. The first kappa shape index (κ1) is 13.9. The molecule has 1 amide bonds. The molecule has 1 heterocycles. The van der Waals surface area contributed by atoms with Crippen LogP contribution in [0.1, 0.15) is 23.8 Å². The number of amides is 1. The van der Waals surface area contributed by atoms with E-state index in [4.69, 9.17) is 0 Å². The van der Waals surface area contributed by atoms with Crippen molar-refractivity contribution in [3.05, 3.63) is 28.4 Å². The number of aromatic amines is 1. The average Bonchev–Trinajstić information content (AvgIpc) is 2.38. The quantitative estimate of drug-likeness (QED) is 0.733. The van der Waals surface area contributed by atoms with E-state index in [9.17, 15) is 14.4 Å². The molecule has 7 nitrogen and oxygen atoms in total. The van der Waals surface area contributed by atoms with Crippen molar-refractivity contribution >= 4 is 11.9 Å². The van der Waals surface area contributed by atoms with Crippen molar-refractivity contribution < 1.29 is 14.3 Å². The van der Waals surface area contributed by atoms with Gasteiger partial charge in [0.1, 0.15) is 12.2 Å². The monoisotopic (exact) mass is 253 g/mol. The maximum absolute atomic E-state index is 12.0. The van der Waals surface area contributed by atoms with Gasteiger partial charge in [-0.1, -0.05) is 6.92 Å². The van der Waals surface area contributed by atoms with E-state index >= 15 is 0 Å². The molecule has 0 atom stereocenters. The van der Waals surface area contributed by atoms with Gasteiger partial charge in [0.25, 0.3) is 11.5 Å². The summed E-state index contributed by atoms with van der Waals surface area (Å²) in [5, 5.41) is 0. The lowest BCUT2D eigenvalue weighted by Crippen LogP contribution is -2.37. The molecule has 98 valence electrons. The Hall–Kier alpha value is -2.18. The Kier molecular flexibility index (Phi) is 5.04. The third-order valence-electron chi connectivity index (χ3n) is 2.22. The van der Waals surface area contributed by atoms with Crippen LogP contribution in [-0.2, 0) is 9.53 Å². The largest absolute Gasteiger partial charge is 0.468 e. The van der Waals surface area contributed by atoms with Crippen LogP contribution in [0.2, 0.25) is 0 Å². The first-order valence-corrected chi connectivity index (χ1v) is 5.49. The molecule has 0 radical (unpaired) electrons. The molecule has 0 aromatic carbocycles. The molecule has 1 rings (SSSR count). The zero-order chi connectivity index (χ0) is 13.5. The number of hydrogen-bond donors (Lipinski definition) is 1. The Balaban J connectivity index is 2.84. The second-order valence-electron chi connectivity index (χ2n) is 3.60. The van der Waals surface area contributed by atoms with Crippen molar-refractivity contribution in [2.45, 2.75) is 13.3 Å². The lowest BCUT2D eigenvalue weighted by molar-refractivity contribution is -0.141. The third kappa shape index (κ3) is 3.69. The fourth-order valence-electron chi connectivity index (χ4n) is 1.36. The summed E-state index contributed by atoms with van der Waals surface area (Å²) >= 11 is 0. The van der Waals surface area contributed by atoms with E-state index < -0.39 is 11.9 Å². The van der Waals surface area contributed by atoms with Gasteiger partial charge in [-0.25, -0.2) is 4.98 Å². The molecule has 1 aromatic rings. The molecule has 0 saturated heterocycles. The predicted octanol–water partition coefficient (Wildman–Crippen LogP) is -0.205. The molecule has 0 saturated carbocycles. The second kappa shape index (κ2) is 6.53. The fraction of sp³-hybridized carbons (Fsp3) is 0.455. The number of esters is 1. The van der Waals surface area contributed by atoms with E-state index in [-0.39, 0.29) is 17.8 Å². The highest BCUT2D eigenvalue weighted by Gasteiger charge is 2.19. The van der Waals surface area contributed by atoms with Crippen molar-refractivity contribution in [3.63, 3.8) is 0 Å². The molecule has 0 aliphatic carbocycles. The minimum atomic E-state index is -0.499. The van der Waals surface area contributed by atoms with Crippen LogP contribution in [0.15, 0.2) is 17.2 Å². The van der Waals surface area contributed by atoms with E-state index in [2.05, 4.69) is 14.7 Å². The van der Waals surface area contributed by atoms with Crippen molar-refractivity contribution in [1.82, 2.24) is 14.9 Å². The molecule has 0 spiro atoms. The van der Waals surface area contributed by atoms with E-state index in [1.54, 1.807) is 0 Å². The van der Waals surface area contributed by atoms with Gasteiger partial charge in [-0.2, -0.15) is 0 Å². The van der Waals surface area contributed by atoms with Crippen LogP contribution in [0.25, 0.3) is 0 Å². The number of ether oxygens (including phenoxy) is 1. The van der Waals surface area contributed by atoms with Crippen LogP contribution in [0.4, 0.5) is 0 Å². The van der Waals surface area contributed by atoms with E-state index in [1.165, 1.54) is 18.2 Å². The van der Waals surface area contributed by atoms with Crippen LogP contribution in [0, 0.1) is 0 Å². The molecular weight excluding hydrogens is 238 g/mol. The van der Waals surface area contributed by atoms with Gasteiger partial charge in [0.2, 0.25) is 0 Å². The molecule has 0 aliphatic heterocycles. The molecular formula is C11H15N3O4. The smallest absolute Gasteiger partial charge is 0.325 e. The van der Waals surface area contributed by atoms with Gasteiger partial charge < -0.3 is 14.6 Å². The van der Waals surface area contributed by atoms with Crippen molar-refractivity contribution in [3.8, 4) is 0 Å². The Morgan fingerprint density at radius 3 is 2.72 bits per heavy atom. The number of aromatic nitrogens is 2. The third-order valence-corrected chi connectivity index (χ3v) is 2.22. The molecule has 7 heteroatoms. The lowest BCUT2D eigenvalue weighted by Gasteiger charge is -2.19. The summed E-state index contributed by atoms with van der Waals surface area (Å²) in [4.78, 5) is 41.5. The van der Waals surface area contributed by atoms with Crippen LogP contribution in [-0.4, -0.2) is 46.9 Å². The Bertz CT molecular complexity index is 463. The number of hydrogen-bond acceptors (Lipinski definition) is 5. The first-order chi connectivity index (χ1) is 8.58. The highest BCUT2D eigenvalue weighted by molar-refractivity contribution is 5.93. The number of H-pyrrole nitrogens is 1. The minimum Gasteiger partial charge on any atom is -0.468 e. The average molecular weight is 253 g/mol. The highest BCUT2D eigenvalue weighted by atomic mass is 16.5.